The van der Waals surface area contributed by atoms with Gasteiger partial charge in [-0.05, 0) is 54.5 Å². The molecule has 3 rings (SSSR count). The molecule has 1 aliphatic rings. The summed E-state index contributed by atoms with van der Waals surface area (Å²) < 4.78 is 15.6. The number of unbranched alkanes of at least 4 members (excludes halogenated alkanes) is 1. The zero-order valence-electron chi connectivity index (χ0n) is 26.8. The van der Waals surface area contributed by atoms with Crippen molar-refractivity contribution in [1.29, 1.82) is 0 Å². The summed E-state index contributed by atoms with van der Waals surface area (Å²) in [6.45, 7) is 15.9. The number of esters is 2. The fraction of sp³-hybridized carbons (Fsp3) is 0.500. The lowest BCUT2D eigenvalue weighted by Crippen LogP contribution is -2.27. The van der Waals surface area contributed by atoms with Gasteiger partial charge in [0.25, 0.3) is 5.91 Å². The number of carbonyl (C=O) groups is 4. The first-order valence-corrected chi connectivity index (χ1v) is 15.1. The van der Waals surface area contributed by atoms with E-state index in [0.29, 0.717) is 35.6 Å². The molecule has 1 amide bonds. The number of nitrogens with zero attached hydrogens (tertiary/aromatic N) is 1. The number of aldehydes is 1. The molecule has 9 heteroatoms. The van der Waals surface area contributed by atoms with E-state index in [1.54, 1.807) is 18.2 Å². The fourth-order valence-corrected chi connectivity index (χ4v) is 3.59. The van der Waals surface area contributed by atoms with Gasteiger partial charge in [0.05, 0.1) is 7.11 Å². The molecule has 1 fully saturated rings. The SMILES string of the molecule is C=Cc1cc(C=O)c(-c2ccc(C(=O)NCC3CC3)nc2C(=O)OCOC(=O)C[C@@H](C)CC)cc1OC.CC.CCCC. The Bertz CT molecular complexity index is 1220. The lowest BCUT2D eigenvalue weighted by atomic mass is 9.95. The van der Waals surface area contributed by atoms with Gasteiger partial charge in [-0.1, -0.05) is 73.5 Å². The van der Waals surface area contributed by atoms with E-state index in [1.165, 1.54) is 32.1 Å². The number of nitrogens with one attached hydrogen (secondary N) is 1. The molecule has 1 aromatic carbocycles. The minimum absolute atomic E-state index is 0.0208. The van der Waals surface area contributed by atoms with E-state index in [2.05, 4.69) is 30.7 Å². The minimum Gasteiger partial charge on any atom is -0.496 e. The van der Waals surface area contributed by atoms with Gasteiger partial charge in [-0.25, -0.2) is 9.78 Å². The average molecular weight is 597 g/mol. The van der Waals surface area contributed by atoms with Gasteiger partial charge in [-0.3, -0.25) is 14.4 Å². The molecule has 0 aliphatic heterocycles. The van der Waals surface area contributed by atoms with E-state index in [1.807, 2.05) is 27.7 Å². The summed E-state index contributed by atoms with van der Waals surface area (Å²) in [4.78, 5) is 53.9. The van der Waals surface area contributed by atoms with Gasteiger partial charge < -0.3 is 19.5 Å². The van der Waals surface area contributed by atoms with Crippen LogP contribution >= 0.6 is 0 Å². The molecule has 9 nitrogen and oxygen atoms in total. The summed E-state index contributed by atoms with van der Waals surface area (Å²) in [5.41, 5.74) is 1.29. The predicted molar refractivity (Wildman–Crippen MR) is 169 cm³/mol. The molecule has 1 aliphatic carbocycles. The number of hydrogen-bond donors (Lipinski definition) is 1. The average Bonchev–Trinajstić information content (AvgIpc) is 3.88. The molecule has 0 saturated heterocycles. The summed E-state index contributed by atoms with van der Waals surface area (Å²) in [5.74, 6) is -0.799. The van der Waals surface area contributed by atoms with Crippen LogP contribution in [0.15, 0.2) is 30.8 Å². The second kappa shape index (κ2) is 20.0. The fourth-order valence-electron chi connectivity index (χ4n) is 3.59. The lowest BCUT2D eigenvalue weighted by Gasteiger charge is -2.15. The molecule has 43 heavy (non-hydrogen) atoms. The Labute approximate surface area is 256 Å². The number of hydrogen-bond acceptors (Lipinski definition) is 8. The quantitative estimate of drug-likeness (QED) is 0.137. The molecule has 1 aromatic heterocycles. The summed E-state index contributed by atoms with van der Waals surface area (Å²) >= 11 is 0. The van der Waals surface area contributed by atoms with E-state index in [0.717, 1.165) is 19.3 Å². The molecule has 1 atom stereocenters. The highest BCUT2D eigenvalue weighted by molar-refractivity contribution is 6.01. The predicted octanol–water partition coefficient (Wildman–Crippen LogP) is 7.28. The summed E-state index contributed by atoms with van der Waals surface area (Å²) in [5, 5.41) is 2.81. The number of aromatic nitrogens is 1. The van der Waals surface area contributed by atoms with Crippen molar-refractivity contribution < 1.29 is 33.4 Å². The van der Waals surface area contributed by atoms with Crippen molar-refractivity contribution in [1.82, 2.24) is 10.3 Å². The molecule has 0 spiro atoms. The van der Waals surface area contributed by atoms with Gasteiger partial charge in [0.2, 0.25) is 6.79 Å². The molecular formula is C34H48N2O7. The van der Waals surface area contributed by atoms with E-state index in [-0.39, 0.29) is 34.9 Å². The first-order valence-electron chi connectivity index (χ1n) is 15.1. The van der Waals surface area contributed by atoms with E-state index in [9.17, 15) is 19.2 Å². The Morgan fingerprint density at radius 1 is 1.05 bits per heavy atom. The first kappa shape index (κ1) is 37.0. The number of carbonyl (C=O) groups excluding carboxylic acids is 4. The van der Waals surface area contributed by atoms with Crippen LogP contribution in [0.5, 0.6) is 5.75 Å². The topological polar surface area (TPSA) is 121 Å². The van der Waals surface area contributed by atoms with Crippen LogP contribution in [0.1, 0.15) is 117 Å². The maximum absolute atomic E-state index is 13.1. The van der Waals surface area contributed by atoms with Gasteiger partial charge in [0, 0.05) is 29.7 Å². The van der Waals surface area contributed by atoms with Crippen LogP contribution in [0.4, 0.5) is 0 Å². The molecule has 1 saturated carbocycles. The number of amides is 1. The van der Waals surface area contributed by atoms with E-state index < -0.39 is 24.6 Å². The molecule has 236 valence electrons. The van der Waals surface area contributed by atoms with E-state index in [4.69, 9.17) is 14.2 Å². The van der Waals surface area contributed by atoms with Crippen LogP contribution in [0.3, 0.4) is 0 Å². The van der Waals surface area contributed by atoms with Crippen molar-refractivity contribution in [2.75, 3.05) is 20.4 Å². The van der Waals surface area contributed by atoms with E-state index >= 15 is 0 Å². The maximum Gasteiger partial charge on any atom is 0.360 e. The van der Waals surface area contributed by atoms with Crippen molar-refractivity contribution in [2.45, 2.75) is 80.1 Å². The maximum atomic E-state index is 13.1. The third-order valence-electron chi connectivity index (χ3n) is 6.73. The number of benzene rings is 1. The number of methoxy groups -OCH3 is 1. The molecule has 0 radical (unpaired) electrons. The second-order valence-corrected chi connectivity index (χ2v) is 10.0. The summed E-state index contributed by atoms with van der Waals surface area (Å²) in [6, 6.07) is 6.17. The number of ether oxygens (including phenoxy) is 3. The Hall–Kier alpha value is -4.01. The van der Waals surface area contributed by atoms with Crippen molar-refractivity contribution >= 4 is 30.2 Å². The van der Waals surface area contributed by atoms with Crippen LogP contribution in [0, 0.1) is 11.8 Å². The second-order valence-electron chi connectivity index (χ2n) is 10.0. The Morgan fingerprint density at radius 3 is 2.26 bits per heavy atom. The third-order valence-corrected chi connectivity index (χ3v) is 6.73. The van der Waals surface area contributed by atoms with Crippen LogP contribution in [0.2, 0.25) is 0 Å². The van der Waals surface area contributed by atoms with Crippen molar-refractivity contribution in [3.05, 3.63) is 53.4 Å². The van der Waals surface area contributed by atoms with Gasteiger partial charge in [0.1, 0.15) is 11.4 Å². The van der Waals surface area contributed by atoms with Crippen LogP contribution in [0.25, 0.3) is 17.2 Å². The Balaban J connectivity index is 0.00000142. The van der Waals surface area contributed by atoms with Crippen molar-refractivity contribution in [3.8, 4) is 16.9 Å². The van der Waals surface area contributed by atoms with Gasteiger partial charge in [-0.15, -0.1) is 0 Å². The lowest BCUT2D eigenvalue weighted by molar-refractivity contribution is -0.153. The molecule has 1 N–H and O–H groups in total. The Morgan fingerprint density at radius 2 is 1.72 bits per heavy atom. The molecule has 0 bridgehead atoms. The molecule has 2 aromatic rings. The van der Waals surface area contributed by atoms with Crippen LogP contribution in [-0.2, 0) is 14.3 Å². The highest BCUT2D eigenvalue weighted by atomic mass is 16.7. The van der Waals surface area contributed by atoms with Gasteiger partial charge >= 0.3 is 11.9 Å². The highest BCUT2D eigenvalue weighted by Gasteiger charge is 2.25. The molecule has 1 heterocycles. The molecule has 0 unspecified atom stereocenters. The van der Waals surface area contributed by atoms with Gasteiger partial charge in [0.15, 0.2) is 12.0 Å². The number of pyridine rings is 1. The minimum atomic E-state index is -0.910. The standard InChI is InChI=1S/C28H32N2O7.C4H10.C2H6/c1-5-17(3)11-25(32)36-16-37-28(34)26-21(9-10-23(30-26)27(33)29-14-18-7-8-18)22-13-24(35-4)19(6-2)12-20(22)15-31;1-3-4-2;1-2/h6,9-10,12-13,15,17-18H,2,5,7-8,11,14,16H2,1,3-4H3,(H,29,33);3-4H2,1-2H3;1-2H3/t17-;;/m0../s1. The van der Waals surface area contributed by atoms with Gasteiger partial charge in [-0.2, -0.15) is 0 Å². The summed E-state index contributed by atoms with van der Waals surface area (Å²) in [6.07, 6.45) is 7.97. The number of rotatable bonds is 14. The highest BCUT2D eigenvalue weighted by Crippen LogP contribution is 2.33. The summed E-state index contributed by atoms with van der Waals surface area (Å²) in [7, 11) is 1.47. The zero-order valence-corrected chi connectivity index (χ0v) is 26.8. The van der Waals surface area contributed by atoms with Crippen LogP contribution in [-0.4, -0.2) is 49.6 Å². The normalized spacial score (nSPS) is 12.3. The van der Waals surface area contributed by atoms with Crippen molar-refractivity contribution in [2.24, 2.45) is 11.8 Å². The smallest absolute Gasteiger partial charge is 0.360 e. The van der Waals surface area contributed by atoms with Crippen LogP contribution < -0.4 is 10.1 Å². The largest absolute Gasteiger partial charge is 0.496 e. The third kappa shape index (κ3) is 12.0. The Kier molecular flexibility index (Phi) is 17.2. The molecular weight excluding hydrogens is 548 g/mol. The van der Waals surface area contributed by atoms with Crippen molar-refractivity contribution in [3.63, 3.8) is 0 Å². The zero-order chi connectivity index (χ0) is 32.4. The monoisotopic (exact) mass is 596 g/mol. The first-order chi connectivity index (χ1) is 20.7.